The van der Waals surface area contributed by atoms with Crippen molar-refractivity contribution in [1.29, 1.82) is 0 Å². The van der Waals surface area contributed by atoms with Gasteiger partial charge in [0.05, 0.1) is 16.6 Å². The molecule has 0 aromatic heterocycles. The second-order valence-electron chi connectivity index (χ2n) is 3.81. The molecule has 4 nitrogen and oxygen atoms in total. The molecule has 1 fully saturated rings. The molecule has 1 aromatic rings. The summed E-state index contributed by atoms with van der Waals surface area (Å²) in [6, 6.07) is 4.61. The topological polar surface area (TPSA) is 49.4 Å². The summed E-state index contributed by atoms with van der Waals surface area (Å²) in [6.45, 7) is 1.86. The number of carbonyl (C=O) groups excluding carboxylic acids is 2. The average molecular weight is 273 g/mol. The predicted octanol–water partition coefficient (Wildman–Crippen LogP) is 1.84. The standard InChI is InChI=1S/C11H10Cl2N2O2/c1-6-11(17)14-10(16)5-15(6)7-2-3-8(12)9(13)4-7/h2-4,6H,5H2,1H3,(H,14,16,17). The zero-order valence-electron chi connectivity index (χ0n) is 9.04. The summed E-state index contributed by atoms with van der Waals surface area (Å²) in [4.78, 5) is 24.5. The summed E-state index contributed by atoms with van der Waals surface area (Å²) in [5.74, 6) is -0.633. The zero-order valence-corrected chi connectivity index (χ0v) is 10.5. The monoisotopic (exact) mass is 272 g/mol. The Morgan fingerprint density at radius 2 is 2.00 bits per heavy atom. The number of piperazine rings is 1. The third kappa shape index (κ3) is 2.37. The number of hydrogen-bond donors (Lipinski definition) is 1. The summed E-state index contributed by atoms with van der Waals surface area (Å²) >= 11 is 11.7. The van der Waals surface area contributed by atoms with Crippen LogP contribution >= 0.6 is 23.2 Å². The van der Waals surface area contributed by atoms with Gasteiger partial charge in [0.15, 0.2) is 0 Å². The molecule has 2 rings (SSSR count). The SMILES string of the molecule is CC1C(=O)NC(=O)CN1c1ccc(Cl)c(Cl)c1. The molecule has 90 valence electrons. The maximum atomic E-state index is 11.5. The van der Waals surface area contributed by atoms with Gasteiger partial charge in [-0.2, -0.15) is 0 Å². The van der Waals surface area contributed by atoms with Gasteiger partial charge >= 0.3 is 0 Å². The number of amides is 2. The normalized spacial score (nSPS) is 20.4. The van der Waals surface area contributed by atoms with Gasteiger partial charge in [0.1, 0.15) is 6.04 Å². The fourth-order valence-electron chi connectivity index (χ4n) is 1.69. The van der Waals surface area contributed by atoms with Crippen molar-refractivity contribution in [2.75, 3.05) is 11.4 Å². The van der Waals surface area contributed by atoms with Crippen molar-refractivity contribution in [2.45, 2.75) is 13.0 Å². The van der Waals surface area contributed by atoms with Crippen LogP contribution in [-0.4, -0.2) is 24.4 Å². The number of nitrogens with one attached hydrogen (secondary N) is 1. The van der Waals surface area contributed by atoms with Crippen molar-refractivity contribution < 1.29 is 9.59 Å². The van der Waals surface area contributed by atoms with Crippen LogP contribution in [-0.2, 0) is 9.59 Å². The van der Waals surface area contributed by atoms with E-state index in [0.29, 0.717) is 15.7 Å². The maximum absolute atomic E-state index is 11.5. The van der Waals surface area contributed by atoms with E-state index in [1.807, 2.05) is 0 Å². The minimum Gasteiger partial charge on any atom is -0.350 e. The Balaban J connectivity index is 2.34. The summed E-state index contributed by atoms with van der Waals surface area (Å²) < 4.78 is 0. The van der Waals surface area contributed by atoms with E-state index in [-0.39, 0.29) is 18.4 Å². The highest BCUT2D eigenvalue weighted by Crippen LogP contribution is 2.28. The molecule has 1 aliphatic heterocycles. The van der Waals surface area contributed by atoms with Crippen LogP contribution in [0.3, 0.4) is 0 Å². The highest BCUT2D eigenvalue weighted by Gasteiger charge is 2.30. The van der Waals surface area contributed by atoms with Crippen molar-refractivity contribution in [3.8, 4) is 0 Å². The molecule has 0 spiro atoms. The maximum Gasteiger partial charge on any atom is 0.249 e. The molecular weight excluding hydrogens is 263 g/mol. The van der Waals surface area contributed by atoms with Crippen LogP contribution in [0.15, 0.2) is 18.2 Å². The molecule has 1 atom stereocenters. The van der Waals surface area contributed by atoms with Crippen LogP contribution in [0.1, 0.15) is 6.92 Å². The number of rotatable bonds is 1. The highest BCUT2D eigenvalue weighted by atomic mass is 35.5. The molecule has 1 saturated heterocycles. The second kappa shape index (κ2) is 4.55. The van der Waals surface area contributed by atoms with Crippen LogP contribution in [0.4, 0.5) is 5.69 Å². The van der Waals surface area contributed by atoms with Crippen LogP contribution < -0.4 is 10.2 Å². The molecule has 17 heavy (non-hydrogen) atoms. The number of nitrogens with zero attached hydrogens (tertiary/aromatic N) is 1. The number of halogens is 2. The average Bonchev–Trinajstić information content (AvgIpc) is 2.27. The van der Waals surface area contributed by atoms with Crippen molar-refractivity contribution in [1.82, 2.24) is 5.32 Å². The van der Waals surface area contributed by atoms with Gasteiger partial charge in [-0.05, 0) is 25.1 Å². The minimum atomic E-state index is -0.412. The number of carbonyl (C=O) groups is 2. The molecule has 1 heterocycles. The Morgan fingerprint density at radius 3 is 2.65 bits per heavy atom. The van der Waals surface area contributed by atoms with E-state index in [0.717, 1.165) is 0 Å². The van der Waals surface area contributed by atoms with E-state index < -0.39 is 6.04 Å². The fourth-order valence-corrected chi connectivity index (χ4v) is 1.99. The van der Waals surface area contributed by atoms with E-state index in [9.17, 15) is 9.59 Å². The van der Waals surface area contributed by atoms with Gasteiger partial charge < -0.3 is 4.90 Å². The van der Waals surface area contributed by atoms with Gasteiger partial charge in [-0.25, -0.2) is 0 Å². The second-order valence-corrected chi connectivity index (χ2v) is 4.63. The first-order valence-electron chi connectivity index (χ1n) is 5.04. The first-order valence-corrected chi connectivity index (χ1v) is 5.80. The minimum absolute atomic E-state index is 0.130. The molecule has 0 saturated carbocycles. The number of imide groups is 1. The van der Waals surface area contributed by atoms with Crippen LogP contribution in [0, 0.1) is 0 Å². The van der Waals surface area contributed by atoms with E-state index in [2.05, 4.69) is 5.32 Å². The summed E-state index contributed by atoms with van der Waals surface area (Å²) in [5, 5.41) is 3.11. The Kier molecular flexibility index (Phi) is 3.26. The molecule has 0 bridgehead atoms. The van der Waals surface area contributed by atoms with E-state index >= 15 is 0 Å². The summed E-state index contributed by atoms with van der Waals surface area (Å²) in [7, 11) is 0. The molecule has 2 amide bonds. The number of benzene rings is 1. The molecule has 1 aromatic carbocycles. The number of anilines is 1. The quantitative estimate of drug-likeness (QED) is 0.794. The van der Waals surface area contributed by atoms with E-state index in [1.165, 1.54) is 0 Å². The van der Waals surface area contributed by atoms with Gasteiger partial charge in [0.25, 0.3) is 0 Å². The Bertz CT molecular complexity index is 490. The Morgan fingerprint density at radius 1 is 1.29 bits per heavy atom. The largest absolute Gasteiger partial charge is 0.350 e. The molecular formula is C11H10Cl2N2O2. The lowest BCUT2D eigenvalue weighted by molar-refractivity contribution is -0.132. The highest BCUT2D eigenvalue weighted by molar-refractivity contribution is 6.42. The molecule has 6 heteroatoms. The van der Waals surface area contributed by atoms with Crippen molar-refractivity contribution in [3.63, 3.8) is 0 Å². The van der Waals surface area contributed by atoms with Crippen LogP contribution in [0.2, 0.25) is 10.0 Å². The van der Waals surface area contributed by atoms with Gasteiger partial charge in [0, 0.05) is 5.69 Å². The third-order valence-electron chi connectivity index (χ3n) is 2.66. The van der Waals surface area contributed by atoms with Crippen LogP contribution in [0.5, 0.6) is 0 Å². The summed E-state index contributed by atoms with van der Waals surface area (Å²) in [5.41, 5.74) is 0.704. The smallest absolute Gasteiger partial charge is 0.249 e. The molecule has 1 aliphatic rings. The summed E-state index contributed by atoms with van der Waals surface area (Å²) in [6.07, 6.45) is 0. The van der Waals surface area contributed by atoms with Gasteiger partial charge in [0.2, 0.25) is 11.8 Å². The van der Waals surface area contributed by atoms with Gasteiger partial charge in [-0.15, -0.1) is 0 Å². The lowest BCUT2D eigenvalue weighted by atomic mass is 10.1. The predicted molar refractivity (Wildman–Crippen MR) is 66.4 cm³/mol. The van der Waals surface area contributed by atoms with Crippen molar-refractivity contribution >= 4 is 40.7 Å². The Labute approximate surface area is 108 Å². The first kappa shape index (κ1) is 12.2. The van der Waals surface area contributed by atoms with E-state index in [4.69, 9.17) is 23.2 Å². The van der Waals surface area contributed by atoms with Crippen LogP contribution in [0.25, 0.3) is 0 Å². The molecule has 1 unspecified atom stereocenters. The Hall–Kier alpha value is -1.26. The van der Waals surface area contributed by atoms with Crippen molar-refractivity contribution in [3.05, 3.63) is 28.2 Å². The van der Waals surface area contributed by atoms with Gasteiger partial charge in [-0.1, -0.05) is 23.2 Å². The fraction of sp³-hybridized carbons (Fsp3) is 0.273. The lowest BCUT2D eigenvalue weighted by Gasteiger charge is -2.33. The zero-order chi connectivity index (χ0) is 12.6. The van der Waals surface area contributed by atoms with Crippen molar-refractivity contribution in [2.24, 2.45) is 0 Å². The molecule has 0 radical (unpaired) electrons. The third-order valence-corrected chi connectivity index (χ3v) is 3.40. The van der Waals surface area contributed by atoms with Gasteiger partial charge in [-0.3, -0.25) is 14.9 Å². The lowest BCUT2D eigenvalue weighted by Crippen LogP contribution is -2.57. The molecule has 1 N–H and O–H groups in total. The first-order chi connectivity index (χ1) is 7.99. The number of hydrogen-bond acceptors (Lipinski definition) is 3. The molecule has 0 aliphatic carbocycles. The van der Waals surface area contributed by atoms with E-state index in [1.54, 1.807) is 30.0 Å².